The lowest BCUT2D eigenvalue weighted by atomic mass is 10.2. The first-order chi connectivity index (χ1) is 8.78. The Kier molecular flexibility index (Phi) is 4.92. The highest BCUT2D eigenvalue weighted by Gasteiger charge is 2.14. The molecule has 104 valence electrons. The lowest BCUT2D eigenvalue weighted by molar-refractivity contribution is 0.0534. The average molecular weight is 267 g/mol. The SMILES string of the molecule is CC(C)(C)OC(=O)NCC=Cc1ccc(F)c(O)c1. The van der Waals surface area contributed by atoms with Crippen molar-refractivity contribution in [3.8, 4) is 5.75 Å². The molecule has 0 saturated carbocycles. The summed E-state index contributed by atoms with van der Waals surface area (Å²) in [6, 6.07) is 4.01. The normalized spacial score (nSPS) is 11.6. The summed E-state index contributed by atoms with van der Waals surface area (Å²) < 4.78 is 17.9. The van der Waals surface area contributed by atoms with Crippen molar-refractivity contribution in [3.63, 3.8) is 0 Å². The second-order valence-corrected chi connectivity index (χ2v) is 5.00. The van der Waals surface area contributed by atoms with E-state index in [0.29, 0.717) is 5.56 Å². The van der Waals surface area contributed by atoms with E-state index in [4.69, 9.17) is 4.74 Å². The molecule has 19 heavy (non-hydrogen) atoms. The van der Waals surface area contributed by atoms with Gasteiger partial charge in [-0.3, -0.25) is 0 Å². The number of amides is 1. The van der Waals surface area contributed by atoms with Gasteiger partial charge < -0.3 is 15.2 Å². The van der Waals surface area contributed by atoms with Crippen molar-refractivity contribution in [2.45, 2.75) is 26.4 Å². The fraction of sp³-hybridized carbons (Fsp3) is 0.357. The Morgan fingerprint density at radius 1 is 1.47 bits per heavy atom. The smallest absolute Gasteiger partial charge is 0.407 e. The quantitative estimate of drug-likeness (QED) is 0.884. The molecule has 1 rings (SSSR count). The van der Waals surface area contributed by atoms with Gasteiger partial charge in [-0.15, -0.1) is 0 Å². The highest BCUT2D eigenvalue weighted by atomic mass is 19.1. The molecule has 1 aromatic rings. The number of rotatable bonds is 3. The third kappa shape index (κ3) is 5.90. The van der Waals surface area contributed by atoms with E-state index in [0.717, 1.165) is 0 Å². The number of ether oxygens (including phenoxy) is 1. The van der Waals surface area contributed by atoms with E-state index in [1.54, 1.807) is 32.9 Å². The Morgan fingerprint density at radius 3 is 2.74 bits per heavy atom. The highest BCUT2D eigenvalue weighted by molar-refractivity contribution is 5.68. The van der Waals surface area contributed by atoms with Gasteiger partial charge in [0, 0.05) is 6.54 Å². The van der Waals surface area contributed by atoms with Gasteiger partial charge in [0.25, 0.3) is 0 Å². The maximum atomic E-state index is 12.8. The van der Waals surface area contributed by atoms with Crippen LogP contribution in [-0.4, -0.2) is 23.3 Å². The predicted octanol–water partition coefficient (Wildman–Crippen LogP) is 3.07. The third-order valence-corrected chi connectivity index (χ3v) is 2.04. The van der Waals surface area contributed by atoms with Crippen molar-refractivity contribution in [1.82, 2.24) is 5.32 Å². The molecule has 0 saturated heterocycles. The molecule has 0 aliphatic carbocycles. The summed E-state index contributed by atoms with van der Waals surface area (Å²) >= 11 is 0. The number of carbonyl (C=O) groups excluding carboxylic acids is 1. The molecule has 2 N–H and O–H groups in total. The third-order valence-electron chi connectivity index (χ3n) is 2.04. The van der Waals surface area contributed by atoms with E-state index in [-0.39, 0.29) is 6.54 Å². The molecular formula is C14H18FNO3. The number of carbonyl (C=O) groups is 1. The van der Waals surface area contributed by atoms with Crippen LogP contribution in [0.3, 0.4) is 0 Å². The van der Waals surface area contributed by atoms with Gasteiger partial charge in [-0.05, 0) is 38.5 Å². The Bertz CT molecular complexity index is 478. The van der Waals surface area contributed by atoms with Gasteiger partial charge in [0.05, 0.1) is 0 Å². The molecule has 0 radical (unpaired) electrons. The molecule has 1 aromatic carbocycles. The Labute approximate surface area is 111 Å². The number of alkyl carbamates (subject to hydrolysis) is 1. The van der Waals surface area contributed by atoms with E-state index in [9.17, 15) is 14.3 Å². The van der Waals surface area contributed by atoms with Crippen LogP contribution in [0, 0.1) is 5.82 Å². The van der Waals surface area contributed by atoms with Crippen molar-refractivity contribution in [1.29, 1.82) is 0 Å². The number of nitrogens with one attached hydrogen (secondary N) is 1. The highest BCUT2D eigenvalue weighted by Crippen LogP contribution is 2.17. The van der Waals surface area contributed by atoms with Crippen molar-refractivity contribution < 1.29 is 19.0 Å². The van der Waals surface area contributed by atoms with Gasteiger partial charge in [0.15, 0.2) is 11.6 Å². The lowest BCUT2D eigenvalue weighted by Gasteiger charge is -2.19. The van der Waals surface area contributed by atoms with Crippen LogP contribution in [0.4, 0.5) is 9.18 Å². The number of hydrogen-bond acceptors (Lipinski definition) is 3. The molecule has 5 heteroatoms. The minimum atomic E-state index is -0.663. The minimum absolute atomic E-state index is 0.285. The summed E-state index contributed by atoms with van der Waals surface area (Å²) in [7, 11) is 0. The number of halogens is 1. The Balaban J connectivity index is 2.42. The van der Waals surface area contributed by atoms with Crippen LogP contribution in [0.25, 0.3) is 6.08 Å². The number of aromatic hydroxyl groups is 1. The van der Waals surface area contributed by atoms with E-state index in [1.165, 1.54) is 18.2 Å². The van der Waals surface area contributed by atoms with Gasteiger partial charge in [0.1, 0.15) is 5.60 Å². The van der Waals surface area contributed by atoms with E-state index in [1.807, 2.05) is 0 Å². The van der Waals surface area contributed by atoms with Gasteiger partial charge >= 0.3 is 6.09 Å². The summed E-state index contributed by atoms with van der Waals surface area (Å²) in [5.41, 5.74) is 0.112. The molecule has 1 amide bonds. The van der Waals surface area contributed by atoms with E-state index in [2.05, 4.69) is 5.32 Å². The zero-order chi connectivity index (χ0) is 14.5. The van der Waals surface area contributed by atoms with Gasteiger partial charge in [-0.1, -0.05) is 18.2 Å². The topological polar surface area (TPSA) is 58.6 Å². The molecule has 0 aliphatic rings. The molecular weight excluding hydrogens is 249 g/mol. The van der Waals surface area contributed by atoms with Crippen molar-refractivity contribution in [2.24, 2.45) is 0 Å². The van der Waals surface area contributed by atoms with Gasteiger partial charge in [0.2, 0.25) is 0 Å². The standard InChI is InChI=1S/C14H18FNO3/c1-14(2,3)19-13(18)16-8-4-5-10-6-7-11(15)12(17)9-10/h4-7,9,17H,8H2,1-3H3,(H,16,18). The summed E-state index contributed by atoms with van der Waals surface area (Å²) in [5, 5.41) is 11.7. The molecule has 0 atom stereocenters. The first-order valence-corrected chi connectivity index (χ1v) is 5.90. The molecule has 0 heterocycles. The Hall–Kier alpha value is -2.04. The first-order valence-electron chi connectivity index (χ1n) is 5.90. The molecule has 0 spiro atoms. The van der Waals surface area contributed by atoms with Gasteiger partial charge in [-0.2, -0.15) is 0 Å². The van der Waals surface area contributed by atoms with Crippen LogP contribution in [0.15, 0.2) is 24.3 Å². The van der Waals surface area contributed by atoms with Crippen molar-refractivity contribution in [2.75, 3.05) is 6.54 Å². The summed E-state index contributed by atoms with van der Waals surface area (Å²) in [6.45, 7) is 5.63. The van der Waals surface area contributed by atoms with Crippen LogP contribution in [0.5, 0.6) is 5.75 Å². The Morgan fingerprint density at radius 2 is 2.16 bits per heavy atom. The van der Waals surface area contributed by atoms with Crippen LogP contribution >= 0.6 is 0 Å². The molecule has 0 unspecified atom stereocenters. The zero-order valence-electron chi connectivity index (χ0n) is 11.2. The molecule has 0 aliphatic heterocycles. The maximum absolute atomic E-state index is 12.8. The number of phenols is 1. The van der Waals surface area contributed by atoms with Gasteiger partial charge in [-0.25, -0.2) is 9.18 Å². The van der Waals surface area contributed by atoms with E-state index >= 15 is 0 Å². The zero-order valence-corrected chi connectivity index (χ0v) is 11.2. The van der Waals surface area contributed by atoms with Crippen LogP contribution in [-0.2, 0) is 4.74 Å². The second-order valence-electron chi connectivity index (χ2n) is 5.00. The van der Waals surface area contributed by atoms with Crippen molar-refractivity contribution >= 4 is 12.2 Å². The lowest BCUT2D eigenvalue weighted by Crippen LogP contribution is -2.32. The summed E-state index contributed by atoms with van der Waals surface area (Å²) in [5.74, 6) is -1.06. The first kappa shape index (κ1) is 15.0. The number of hydrogen-bond donors (Lipinski definition) is 2. The van der Waals surface area contributed by atoms with Crippen LogP contribution in [0.2, 0.25) is 0 Å². The van der Waals surface area contributed by atoms with E-state index < -0.39 is 23.3 Å². The largest absolute Gasteiger partial charge is 0.505 e. The molecule has 0 bridgehead atoms. The number of benzene rings is 1. The van der Waals surface area contributed by atoms with Crippen LogP contribution in [0.1, 0.15) is 26.3 Å². The monoisotopic (exact) mass is 267 g/mol. The minimum Gasteiger partial charge on any atom is -0.505 e. The number of phenolic OH excluding ortho intramolecular Hbond substituents is 1. The van der Waals surface area contributed by atoms with Crippen LogP contribution < -0.4 is 5.32 Å². The molecule has 0 fully saturated rings. The summed E-state index contributed by atoms with van der Waals surface area (Å²) in [6.07, 6.45) is 2.84. The fourth-order valence-corrected chi connectivity index (χ4v) is 1.28. The van der Waals surface area contributed by atoms with Crippen molar-refractivity contribution in [3.05, 3.63) is 35.7 Å². The predicted molar refractivity (Wildman–Crippen MR) is 71.3 cm³/mol. The second kappa shape index (κ2) is 6.22. The fourth-order valence-electron chi connectivity index (χ4n) is 1.28. The molecule has 0 aromatic heterocycles. The molecule has 4 nitrogen and oxygen atoms in total. The summed E-state index contributed by atoms with van der Waals surface area (Å²) in [4.78, 5) is 11.3. The average Bonchev–Trinajstić information content (AvgIpc) is 2.27. The maximum Gasteiger partial charge on any atom is 0.407 e.